The minimum absolute atomic E-state index is 0.0536. The van der Waals surface area contributed by atoms with Crippen LogP contribution >= 0.6 is 11.3 Å². The van der Waals surface area contributed by atoms with Crippen molar-refractivity contribution in [3.63, 3.8) is 0 Å². The lowest BCUT2D eigenvalue weighted by atomic mass is 10.3. The van der Waals surface area contributed by atoms with Crippen LogP contribution < -0.4 is 26.7 Å². The molecule has 0 spiro atoms. The summed E-state index contributed by atoms with van der Waals surface area (Å²) in [5.74, 6) is -0.947. The molecule has 0 aliphatic carbocycles. The number of carbonyl (C=O) groups excluding carboxylic acids is 1. The number of allylic oxidation sites excluding steroid dienone is 2. The molecule has 168 valence electrons. The lowest BCUT2D eigenvalue weighted by Crippen LogP contribution is -2.17. The Morgan fingerprint density at radius 3 is 2.61 bits per heavy atom. The highest BCUT2D eigenvalue weighted by atomic mass is 32.1. The Bertz CT molecular complexity index is 1010. The van der Waals surface area contributed by atoms with E-state index in [1.807, 2.05) is 6.92 Å². The molecule has 0 saturated heterocycles. The molecule has 11 nitrogen and oxygen atoms in total. The van der Waals surface area contributed by atoms with Gasteiger partial charge in [0.15, 0.2) is 5.76 Å². The first-order chi connectivity index (χ1) is 14.8. The molecule has 0 bridgehead atoms. The molecule has 2 rings (SSSR count). The Balaban J connectivity index is 0.00000151. The molecule has 0 aliphatic rings. The molecule has 0 aliphatic heterocycles. The predicted octanol–water partition coefficient (Wildman–Crippen LogP) is 2.92. The zero-order valence-corrected chi connectivity index (χ0v) is 18.8. The Hall–Kier alpha value is -3.51. The van der Waals surface area contributed by atoms with Gasteiger partial charge >= 0.3 is 5.63 Å². The van der Waals surface area contributed by atoms with Crippen molar-refractivity contribution in [2.75, 3.05) is 32.0 Å². The molecule has 0 atom stereocenters. The average molecular weight is 451 g/mol. The molecular formula is C19H26N6O5S. The number of hydrogen-bond donors (Lipinski definition) is 3. The van der Waals surface area contributed by atoms with E-state index in [0.717, 1.165) is 11.3 Å². The summed E-state index contributed by atoms with van der Waals surface area (Å²) < 4.78 is 14.3. The van der Waals surface area contributed by atoms with E-state index in [1.54, 1.807) is 27.2 Å². The number of nitrogens with zero attached hydrogens (tertiary/aromatic N) is 3. The third kappa shape index (κ3) is 8.03. The van der Waals surface area contributed by atoms with Crippen LogP contribution in [0.15, 0.2) is 44.8 Å². The summed E-state index contributed by atoms with van der Waals surface area (Å²) in [4.78, 5) is 28.7. The van der Waals surface area contributed by atoms with Crippen LogP contribution in [-0.4, -0.2) is 43.1 Å². The molecule has 1 amide bonds. The molecule has 0 saturated carbocycles. The Morgan fingerprint density at radius 2 is 2.03 bits per heavy atom. The highest BCUT2D eigenvalue weighted by molar-refractivity contribution is 7.18. The maximum atomic E-state index is 12.4. The van der Waals surface area contributed by atoms with Crippen molar-refractivity contribution < 1.29 is 18.7 Å². The van der Waals surface area contributed by atoms with Gasteiger partial charge in [0, 0.05) is 31.7 Å². The molecule has 0 fully saturated rings. The van der Waals surface area contributed by atoms with Crippen molar-refractivity contribution in [2.24, 2.45) is 10.7 Å². The Kier molecular flexibility index (Phi) is 10.6. The van der Waals surface area contributed by atoms with E-state index >= 15 is 0 Å². The van der Waals surface area contributed by atoms with Gasteiger partial charge in [-0.3, -0.25) is 10.1 Å². The van der Waals surface area contributed by atoms with Crippen LogP contribution in [0, 0.1) is 0 Å². The summed E-state index contributed by atoms with van der Waals surface area (Å²) in [5, 5.41) is 13.7. The summed E-state index contributed by atoms with van der Waals surface area (Å²) in [7, 11) is 4.58. The normalized spacial score (nSPS) is 10.9. The van der Waals surface area contributed by atoms with Gasteiger partial charge in [0.1, 0.15) is 0 Å². The van der Waals surface area contributed by atoms with Gasteiger partial charge < -0.3 is 24.9 Å². The minimum atomic E-state index is -0.798. The van der Waals surface area contributed by atoms with Crippen molar-refractivity contribution in [1.82, 2.24) is 10.2 Å². The number of hydrogen-bond acceptors (Lipinski definition) is 11. The zero-order chi connectivity index (χ0) is 23.4. The molecule has 0 unspecified atom stereocenters. The van der Waals surface area contributed by atoms with Gasteiger partial charge in [-0.25, -0.2) is 9.79 Å². The number of rotatable bonds is 8. The zero-order valence-electron chi connectivity index (χ0n) is 18.0. The first kappa shape index (κ1) is 25.5. The smallest absolute Gasteiger partial charge is 0.381 e. The van der Waals surface area contributed by atoms with E-state index in [4.69, 9.17) is 14.9 Å². The molecule has 4 N–H and O–H groups in total. The van der Waals surface area contributed by atoms with Crippen molar-refractivity contribution in [3.05, 3.63) is 46.8 Å². The molecule has 2 heterocycles. The number of ether oxygens (including phenoxy) is 2. The highest BCUT2D eigenvalue weighted by Gasteiger charge is 2.19. The largest absolute Gasteiger partial charge is 0.488 e. The SMILES string of the molecule is C=C(CC)Nc1cc(C(=O)Nc2nnc(/N=C(C)/C=C\N)s2)oc(=O)c1OC.COC. The number of methoxy groups -OCH3 is 2. The molecular weight excluding hydrogens is 424 g/mol. The molecule has 0 aromatic carbocycles. The van der Waals surface area contributed by atoms with Crippen molar-refractivity contribution in [1.29, 1.82) is 0 Å². The van der Waals surface area contributed by atoms with Crippen molar-refractivity contribution in [2.45, 2.75) is 20.3 Å². The molecule has 2 aromatic heterocycles. The van der Waals surface area contributed by atoms with E-state index in [2.05, 4.69) is 37.1 Å². The Morgan fingerprint density at radius 1 is 1.35 bits per heavy atom. The summed E-state index contributed by atoms with van der Waals surface area (Å²) >= 11 is 1.05. The fraction of sp³-hybridized carbons (Fsp3) is 0.316. The number of nitrogens with one attached hydrogen (secondary N) is 2. The maximum absolute atomic E-state index is 12.4. The van der Waals surface area contributed by atoms with Crippen molar-refractivity contribution in [3.8, 4) is 5.75 Å². The standard InChI is InChI=1S/C17H20N6O4S.C2H6O/c1-5-9(2)19-11-8-12(27-15(25)13(11)26-4)14(24)21-17-23-22-16(28-17)20-10(3)6-7-18;1-3-2/h6-8,19H,2,5,18H2,1,3-4H3,(H,21,23,24);1-2H3/b7-6-,20-10+;. The van der Waals surface area contributed by atoms with Gasteiger partial charge in [-0.2, -0.15) is 0 Å². The van der Waals surface area contributed by atoms with Crippen LogP contribution in [-0.2, 0) is 4.74 Å². The van der Waals surface area contributed by atoms with Crippen LogP contribution in [0.2, 0.25) is 0 Å². The van der Waals surface area contributed by atoms with E-state index in [0.29, 0.717) is 23.0 Å². The maximum Gasteiger partial charge on any atom is 0.381 e. The third-order valence-electron chi connectivity index (χ3n) is 3.32. The summed E-state index contributed by atoms with van der Waals surface area (Å²) in [6.45, 7) is 7.45. The second-order valence-electron chi connectivity index (χ2n) is 5.79. The molecule has 12 heteroatoms. The molecule has 31 heavy (non-hydrogen) atoms. The summed E-state index contributed by atoms with van der Waals surface area (Å²) in [6, 6.07) is 1.35. The van der Waals surface area contributed by atoms with Crippen molar-refractivity contribution >= 4 is 38.9 Å². The summed E-state index contributed by atoms with van der Waals surface area (Å²) in [6.07, 6.45) is 3.58. The number of nitrogens with two attached hydrogens (primary N) is 1. The van der Waals surface area contributed by atoms with Gasteiger partial charge in [0.05, 0.1) is 12.8 Å². The second-order valence-corrected chi connectivity index (χ2v) is 6.75. The number of aromatic nitrogens is 2. The number of amides is 1. The topological polar surface area (TPSA) is 154 Å². The van der Waals surface area contributed by atoms with E-state index in [-0.39, 0.29) is 22.3 Å². The lowest BCUT2D eigenvalue weighted by molar-refractivity contribution is 0.0991. The van der Waals surface area contributed by atoms with Gasteiger partial charge in [-0.15, -0.1) is 10.2 Å². The lowest BCUT2D eigenvalue weighted by Gasteiger charge is -2.11. The van der Waals surface area contributed by atoms with Crippen LogP contribution in [0.3, 0.4) is 0 Å². The van der Waals surface area contributed by atoms with Crippen LogP contribution in [0.4, 0.5) is 16.0 Å². The fourth-order valence-electron chi connectivity index (χ4n) is 1.96. The van der Waals surface area contributed by atoms with Gasteiger partial charge in [-0.05, 0) is 25.6 Å². The van der Waals surface area contributed by atoms with E-state index < -0.39 is 11.5 Å². The second kappa shape index (κ2) is 12.9. The monoisotopic (exact) mass is 450 g/mol. The van der Waals surface area contributed by atoms with Crippen LogP contribution in [0.5, 0.6) is 5.75 Å². The third-order valence-corrected chi connectivity index (χ3v) is 4.05. The molecule has 0 radical (unpaired) electrons. The van der Waals surface area contributed by atoms with E-state index in [9.17, 15) is 9.59 Å². The highest BCUT2D eigenvalue weighted by Crippen LogP contribution is 2.26. The van der Waals surface area contributed by atoms with Crippen LogP contribution in [0.25, 0.3) is 0 Å². The average Bonchev–Trinajstić information content (AvgIpc) is 3.14. The minimum Gasteiger partial charge on any atom is -0.488 e. The quantitative estimate of drug-likeness (QED) is 0.515. The number of anilines is 2. The van der Waals surface area contributed by atoms with E-state index in [1.165, 1.54) is 19.4 Å². The van der Waals surface area contributed by atoms with Gasteiger partial charge in [0.2, 0.25) is 16.0 Å². The molecule has 2 aromatic rings. The summed E-state index contributed by atoms with van der Waals surface area (Å²) in [5.41, 5.74) is 6.05. The van der Waals surface area contributed by atoms with Gasteiger partial charge in [0.25, 0.3) is 5.91 Å². The number of aliphatic imine (C=N–C) groups is 1. The Labute approximate surface area is 183 Å². The first-order valence-corrected chi connectivity index (χ1v) is 9.76. The van der Waals surface area contributed by atoms with Crippen LogP contribution in [0.1, 0.15) is 30.8 Å². The first-order valence-electron chi connectivity index (χ1n) is 8.94. The fourth-order valence-corrected chi connectivity index (χ4v) is 2.63. The van der Waals surface area contributed by atoms with Gasteiger partial charge in [-0.1, -0.05) is 24.8 Å². The number of carbonyl (C=O) groups is 1. The predicted molar refractivity (Wildman–Crippen MR) is 121 cm³/mol.